The summed E-state index contributed by atoms with van der Waals surface area (Å²) in [7, 11) is 0. The van der Waals surface area contributed by atoms with Crippen molar-refractivity contribution in [1.82, 2.24) is 0 Å². The highest BCUT2D eigenvalue weighted by Crippen LogP contribution is 2.25. The summed E-state index contributed by atoms with van der Waals surface area (Å²) in [6.07, 6.45) is 2.19. The molecule has 1 unspecified atom stereocenters. The molecule has 0 amide bonds. The maximum absolute atomic E-state index is 9.92. The second kappa shape index (κ2) is 8.97. The Balaban J connectivity index is 1.72. The first-order chi connectivity index (χ1) is 12.2. The number of hydrogen-bond donors (Lipinski definition) is 1. The lowest BCUT2D eigenvalue weighted by Gasteiger charge is -2.19. The Bertz CT molecular complexity index is 744. The van der Waals surface area contributed by atoms with Crippen molar-refractivity contribution in [2.24, 2.45) is 4.99 Å². The van der Waals surface area contributed by atoms with E-state index in [1.54, 1.807) is 0 Å². The zero-order valence-corrected chi connectivity index (χ0v) is 17.1. The molecule has 0 aliphatic carbocycles. The van der Waals surface area contributed by atoms with Crippen LogP contribution in [0.25, 0.3) is 0 Å². The summed E-state index contributed by atoms with van der Waals surface area (Å²) in [6.45, 7) is 1.12. The molecule has 1 N–H and O–H groups in total. The predicted octanol–water partition coefficient (Wildman–Crippen LogP) is 4.76. The van der Waals surface area contributed by atoms with E-state index >= 15 is 0 Å². The number of alkyl halides is 1. The van der Waals surface area contributed by atoms with Crippen LogP contribution in [0.2, 0.25) is 0 Å². The summed E-state index contributed by atoms with van der Waals surface area (Å²) >= 11 is 6.85. The first-order valence-corrected chi connectivity index (χ1v) is 10.4. The van der Waals surface area contributed by atoms with Crippen LogP contribution in [0.1, 0.15) is 29.5 Å². The van der Waals surface area contributed by atoms with Gasteiger partial charge in [-0.05, 0) is 55.2 Å². The Morgan fingerprint density at radius 2 is 1.96 bits per heavy atom. The predicted molar refractivity (Wildman–Crippen MR) is 109 cm³/mol. The molecule has 0 saturated carbocycles. The number of aliphatic hydroxyl groups is 1. The van der Waals surface area contributed by atoms with Crippen molar-refractivity contribution in [3.05, 3.63) is 63.6 Å². The van der Waals surface area contributed by atoms with E-state index in [0.717, 1.165) is 52.6 Å². The van der Waals surface area contributed by atoms with E-state index in [0.29, 0.717) is 6.61 Å². The van der Waals surface area contributed by atoms with Gasteiger partial charge in [0.2, 0.25) is 0 Å². The van der Waals surface area contributed by atoms with Gasteiger partial charge in [0.1, 0.15) is 12.4 Å². The number of nitrogens with zero attached hydrogens (tertiary/aromatic N) is 1. The summed E-state index contributed by atoms with van der Waals surface area (Å²) in [5.41, 5.74) is 4.58. The van der Waals surface area contributed by atoms with Crippen molar-refractivity contribution in [3.8, 4) is 5.75 Å². The molecule has 2 aromatic rings. The van der Waals surface area contributed by atoms with Gasteiger partial charge in [0.15, 0.2) is 0 Å². The lowest BCUT2D eigenvalue weighted by molar-refractivity contribution is 0.0996. The molecular formula is C20H21Br2NO2. The second-order valence-electron chi connectivity index (χ2n) is 6.10. The Labute approximate surface area is 165 Å². The summed E-state index contributed by atoms with van der Waals surface area (Å²) in [4.78, 5) is 4.72. The highest BCUT2D eigenvalue weighted by molar-refractivity contribution is 9.10. The van der Waals surface area contributed by atoms with Crippen LogP contribution in [0, 0.1) is 0 Å². The van der Waals surface area contributed by atoms with Crippen LogP contribution in [0.5, 0.6) is 5.75 Å². The van der Waals surface area contributed by atoms with Gasteiger partial charge in [-0.2, -0.15) is 0 Å². The number of aliphatic imine (C=N–C) groups is 1. The number of fused-ring (bicyclic) bond motifs is 1. The lowest BCUT2D eigenvalue weighted by atomic mass is 9.93. The highest BCUT2D eigenvalue weighted by Gasteiger charge is 2.17. The van der Waals surface area contributed by atoms with Gasteiger partial charge in [-0.1, -0.05) is 44.0 Å². The Morgan fingerprint density at radius 1 is 1.16 bits per heavy atom. The molecule has 1 aliphatic heterocycles. The van der Waals surface area contributed by atoms with E-state index in [2.05, 4.69) is 56.1 Å². The fourth-order valence-corrected chi connectivity index (χ4v) is 3.50. The summed E-state index contributed by atoms with van der Waals surface area (Å²) in [5.74, 6) is 0.814. The number of hydrogen-bond acceptors (Lipinski definition) is 3. The van der Waals surface area contributed by atoms with E-state index in [4.69, 9.17) is 9.73 Å². The van der Waals surface area contributed by atoms with Gasteiger partial charge in [-0.25, -0.2) is 0 Å². The zero-order chi connectivity index (χ0) is 17.6. The van der Waals surface area contributed by atoms with Crippen LogP contribution >= 0.6 is 31.9 Å². The van der Waals surface area contributed by atoms with Gasteiger partial charge < -0.3 is 9.84 Å². The van der Waals surface area contributed by atoms with Crippen molar-refractivity contribution >= 4 is 37.6 Å². The first kappa shape index (κ1) is 18.6. The Morgan fingerprint density at radius 3 is 2.72 bits per heavy atom. The SMILES string of the molecule is OC(CCCBr)COc1ccc2c(c1)CCN=C2c1ccc(Br)cc1. The number of halogens is 2. The molecule has 132 valence electrons. The molecule has 0 spiro atoms. The van der Waals surface area contributed by atoms with E-state index in [-0.39, 0.29) is 0 Å². The quantitative estimate of drug-likeness (QED) is 0.598. The highest BCUT2D eigenvalue weighted by atomic mass is 79.9. The van der Waals surface area contributed by atoms with Crippen LogP contribution in [0.3, 0.4) is 0 Å². The van der Waals surface area contributed by atoms with Gasteiger partial charge in [-0.3, -0.25) is 4.99 Å². The third-order valence-electron chi connectivity index (χ3n) is 4.21. The molecule has 0 saturated heterocycles. The molecule has 0 aromatic heterocycles. The molecule has 2 aromatic carbocycles. The van der Waals surface area contributed by atoms with Gasteiger partial charge >= 0.3 is 0 Å². The summed E-state index contributed by atoms with van der Waals surface area (Å²) < 4.78 is 6.84. The van der Waals surface area contributed by atoms with Crippen molar-refractivity contribution < 1.29 is 9.84 Å². The maximum atomic E-state index is 9.92. The maximum Gasteiger partial charge on any atom is 0.119 e. The van der Waals surface area contributed by atoms with Gasteiger partial charge in [-0.15, -0.1) is 0 Å². The number of ether oxygens (including phenoxy) is 1. The average molecular weight is 467 g/mol. The van der Waals surface area contributed by atoms with Crippen LogP contribution < -0.4 is 4.74 Å². The van der Waals surface area contributed by atoms with Gasteiger partial charge in [0.05, 0.1) is 11.8 Å². The molecule has 1 atom stereocenters. The third-order valence-corrected chi connectivity index (χ3v) is 5.30. The normalized spacial score (nSPS) is 14.6. The fraction of sp³-hybridized carbons (Fsp3) is 0.350. The molecule has 0 radical (unpaired) electrons. The van der Waals surface area contributed by atoms with E-state index in [1.165, 1.54) is 11.1 Å². The molecule has 3 nitrogen and oxygen atoms in total. The van der Waals surface area contributed by atoms with Crippen LogP contribution in [0.4, 0.5) is 0 Å². The smallest absolute Gasteiger partial charge is 0.119 e. The molecule has 3 rings (SSSR count). The number of benzene rings is 2. The minimum Gasteiger partial charge on any atom is -0.491 e. The zero-order valence-electron chi connectivity index (χ0n) is 13.9. The van der Waals surface area contributed by atoms with Crippen molar-refractivity contribution in [3.63, 3.8) is 0 Å². The van der Waals surface area contributed by atoms with Crippen molar-refractivity contribution in [1.29, 1.82) is 0 Å². The van der Waals surface area contributed by atoms with E-state index < -0.39 is 6.10 Å². The van der Waals surface area contributed by atoms with Gasteiger partial charge in [0, 0.05) is 27.5 Å². The minimum atomic E-state index is -0.423. The Kier molecular flexibility index (Phi) is 6.68. The molecule has 1 heterocycles. The summed E-state index contributed by atoms with van der Waals surface area (Å²) in [5, 5.41) is 10.8. The molecular weight excluding hydrogens is 446 g/mol. The topological polar surface area (TPSA) is 41.8 Å². The number of aliphatic hydroxyl groups excluding tert-OH is 1. The first-order valence-electron chi connectivity index (χ1n) is 8.48. The molecule has 1 aliphatic rings. The largest absolute Gasteiger partial charge is 0.491 e. The third kappa shape index (κ3) is 4.93. The van der Waals surface area contributed by atoms with Gasteiger partial charge in [0.25, 0.3) is 0 Å². The lowest BCUT2D eigenvalue weighted by Crippen LogP contribution is -2.18. The van der Waals surface area contributed by atoms with Crippen LogP contribution in [0.15, 0.2) is 51.9 Å². The minimum absolute atomic E-state index is 0.333. The van der Waals surface area contributed by atoms with Crippen molar-refractivity contribution in [2.45, 2.75) is 25.4 Å². The van der Waals surface area contributed by atoms with Crippen LogP contribution in [-0.4, -0.2) is 35.4 Å². The van der Waals surface area contributed by atoms with Crippen molar-refractivity contribution in [2.75, 3.05) is 18.5 Å². The number of rotatable bonds is 7. The average Bonchev–Trinajstić information content (AvgIpc) is 2.64. The van der Waals surface area contributed by atoms with Crippen LogP contribution in [-0.2, 0) is 6.42 Å². The van der Waals surface area contributed by atoms with E-state index in [9.17, 15) is 5.11 Å². The molecule has 25 heavy (non-hydrogen) atoms. The summed E-state index contributed by atoms with van der Waals surface area (Å²) in [6, 6.07) is 14.4. The molecule has 5 heteroatoms. The molecule has 0 bridgehead atoms. The monoisotopic (exact) mass is 465 g/mol. The van der Waals surface area contributed by atoms with E-state index in [1.807, 2.05) is 18.2 Å². The Hall–Kier alpha value is -1.17. The molecule has 0 fully saturated rings. The standard InChI is InChI=1S/C20H21Br2NO2/c21-10-1-2-17(24)13-25-18-7-8-19-15(12-18)9-11-23-20(19)14-3-5-16(22)6-4-14/h3-8,12,17,24H,1-2,9-11,13H2. The fourth-order valence-electron chi connectivity index (χ4n) is 2.91. The second-order valence-corrected chi connectivity index (χ2v) is 7.81.